The van der Waals surface area contributed by atoms with Crippen LogP contribution in [-0.2, 0) is 0 Å². The largest absolute Gasteiger partial charge is 0.333 e. The predicted molar refractivity (Wildman–Crippen MR) is 32.5 cm³/mol. The average molecular weight is 93.1 g/mol. The van der Waals surface area contributed by atoms with E-state index in [0.29, 0.717) is 0 Å². The summed E-state index contributed by atoms with van der Waals surface area (Å²) in [5, 5.41) is 0. The van der Waals surface area contributed by atoms with E-state index >= 15 is 0 Å². The van der Waals surface area contributed by atoms with Crippen molar-refractivity contribution >= 4 is 9.90 Å². The van der Waals surface area contributed by atoms with Crippen LogP contribution in [0.5, 0.6) is 0 Å². The lowest BCUT2D eigenvalue weighted by molar-refractivity contribution is 1.48. The zero-order chi connectivity index (χ0) is 4.00. The van der Waals surface area contributed by atoms with Crippen LogP contribution in [0.3, 0.4) is 0 Å². The molecule has 0 amide bonds. The SMILES string of the molecule is C=C.CN.P. The molecule has 0 saturated heterocycles. The summed E-state index contributed by atoms with van der Waals surface area (Å²) >= 11 is 0. The van der Waals surface area contributed by atoms with E-state index in [2.05, 4.69) is 18.9 Å². The maximum Gasteiger partial charge on any atom is -0.0195 e. The quantitative estimate of drug-likeness (QED) is 0.341. The van der Waals surface area contributed by atoms with E-state index in [1.807, 2.05) is 0 Å². The minimum Gasteiger partial charge on any atom is -0.333 e. The van der Waals surface area contributed by atoms with Crippen LogP contribution in [0.15, 0.2) is 13.2 Å². The molecule has 2 N–H and O–H groups in total. The van der Waals surface area contributed by atoms with E-state index in [1.54, 1.807) is 0 Å². The van der Waals surface area contributed by atoms with E-state index in [9.17, 15) is 0 Å². The molecule has 0 aliphatic heterocycles. The molecule has 0 aromatic rings. The first-order valence-electron chi connectivity index (χ1n) is 1.08. The highest BCUT2D eigenvalue weighted by atomic mass is 31.0. The van der Waals surface area contributed by atoms with Crippen LogP contribution < -0.4 is 5.73 Å². The fourth-order valence-electron chi connectivity index (χ4n) is 0. The van der Waals surface area contributed by atoms with Crippen molar-refractivity contribution in [2.45, 2.75) is 0 Å². The van der Waals surface area contributed by atoms with E-state index in [1.165, 1.54) is 7.05 Å². The summed E-state index contributed by atoms with van der Waals surface area (Å²) in [7, 11) is 1.50. The lowest BCUT2D eigenvalue weighted by Crippen LogP contribution is -1.69. The van der Waals surface area contributed by atoms with E-state index < -0.39 is 0 Å². The molecule has 0 aliphatic rings. The maximum atomic E-state index is 4.50. The minimum atomic E-state index is 0. The van der Waals surface area contributed by atoms with Crippen LogP contribution in [0.25, 0.3) is 0 Å². The Morgan fingerprint density at radius 2 is 1.20 bits per heavy atom. The molecular weight excluding hydrogens is 81.0 g/mol. The molecule has 0 fully saturated rings. The summed E-state index contributed by atoms with van der Waals surface area (Å²) in [6.07, 6.45) is 0. The third-order valence-corrected chi connectivity index (χ3v) is 0. The van der Waals surface area contributed by atoms with Crippen LogP contribution >= 0.6 is 9.90 Å². The van der Waals surface area contributed by atoms with Gasteiger partial charge in [0.2, 0.25) is 0 Å². The molecule has 0 saturated carbocycles. The molecule has 0 spiro atoms. The van der Waals surface area contributed by atoms with Gasteiger partial charge in [-0.15, -0.1) is 13.2 Å². The van der Waals surface area contributed by atoms with Gasteiger partial charge in [-0.05, 0) is 7.05 Å². The fourth-order valence-corrected chi connectivity index (χ4v) is 0. The van der Waals surface area contributed by atoms with Gasteiger partial charge in [0.15, 0.2) is 0 Å². The van der Waals surface area contributed by atoms with Crippen molar-refractivity contribution in [1.29, 1.82) is 0 Å². The first-order chi connectivity index (χ1) is 2.00. The van der Waals surface area contributed by atoms with Gasteiger partial charge in [-0.1, -0.05) is 0 Å². The monoisotopic (exact) mass is 93.1 g/mol. The first kappa shape index (κ1) is 19.3. The Kier molecular flexibility index (Phi) is 9240. The average Bonchev–Trinajstić information content (AvgIpc) is 1.50. The van der Waals surface area contributed by atoms with Crippen molar-refractivity contribution in [2.24, 2.45) is 5.73 Å². The smallest absolute Gasteiger partial charge is 0.0195 e. The topological polar surface area (TPSA) is 26.0 Å². The standard InChI is InChI=1S/C2H4.CH5N.H3P/c2*1-2;/h1-2H2;2H2,1H3;1H3. The molecule has 0 aromatic carbocycles. The highest BCUT2D eigenvalue weighted by molar-refractivity contribution is 6.92. The lowest BCUT2D eigenvalue weighted by atomic mass is 11.3. The highest BCUT2D eigenvalue weighted by Crippen LogP contribution is 0.863. The second kappa shape index (κ2) is 2390. The molecule has 5 heavy (non-hydrogen) atoms. The van der Waals surface area contributed by atoms with Crippen molar-refractivity contribution in [1.82, 2.24) is 0 Å². The Hall–Kier alpha value is 0.130. The fraction of sp³-hybridized carbons (Fsp3) is 0.333. The van der Waals surface area contributed by atoms with Gasteiger partial charge in [0, 0.05) is 0 Å². The zero-order valence-electron chi connectivity index (χ0n) is 3.70. The summed E-state index contributed by atoms with van der Waals surface area (Å²) in [4.78, 5) is 0. The molecule has 0 bridgehead atoms. The van der Waals surface area contributed by atoms with Crippen LogP contribution in [0.2, 0.25) is 0 Å². The third kappa shape index (κ3) is 1110. The predicted octanol–water partition coefficient (Wildman–Crippen LogP) is 0.435. The number of hydrogen-bond donors (Lipinski definition) is 1. The third-order valence-electron chi connectivity index (χ3n) is 0. The van der Waals surface area contributed by atoms with Crippen molar-refractivity contribution in [3.05, 3.63) is 13.2 Å². The Morgan fingerprint density at radius 3 is 1.20 bits per heavy atom. The Balaban J connectivity index is -0.0000000133. The second-order valence-corrected chi connectivity index (χ2v) is 0. The molecule has 0 rings (SSSR count). The van der Waals surface area contributed by atoms with Gasteiger partial charge in [0.25, 0.3) is 0 Å². The van der Waals surface area contributed by atoms with Gasteiger partial charge >= 0.3 is 0 Å². The Morgan fingerprint density at radius 1 is 1.20 bits per heavy atom. The summed E-state index contributed by atoms with van der Waals surface area (Å²) in [6.45, 7) is 6.00. The van der Waals surface area contributed by atoms with E-state index in [0.717, 1.165) is 0 Å². The van der Waals surface area contributed by atoms with E-state index in [4.69, 9.17) is 0 Å². The Bertz CT molecular complexity index is 6.85. The molecule has 0 aliphatic carbocycles. The molecule has 2 heteroatoms. The van der Waals surface area contributed by atoms with Crippen LogP contribution in [0, 0.1) is 0 Å². The van der Waals surface area contributed by atoms with Gasteiger partial charge in [-0.2, -0.15) is 9.90 Å². The molecule has 0 aromatic heterocycles. The molecular formula is C3H12NP. The van der Waals surface area contributed by atoms with Gasteiger partial charge in [-0.25, -0.2) is 0 Å². The van der Waals surface area contributed by atoms with Gasteiger partial charge in [-0.3, -0.25) is 0 Å². The lowest BCUT2D eigenvalue weighted by Gasteiger charge is -1.19. The normalized spacial score (nSPS) is 2.00. The molecule has 0 radical (unpaired) electrons. The second-order valence-electron chi connectivity index (χ2n) is 0. The summed E-state index contributed by atoms with van der Waals surface area (Å²) in [5.74, 6) is 0. The van der Waals surface area contributed by atoms with Crippen LogP contribution in [0.1, 0.15) is 0 Å². The van der Waals surface area contributed by atoms with Crippen molar-refractivity contribution in [3.63, 3.8) is 0 Å². The minimum absolute atomic E-state index is 0. The highest BCUT2D eigenvalue weighted by Gasteiger charge is 0.836. The molecule has 0 heterocycles. The van der Waals surface area contributed by atoms with Crippen molar-refractivity contribution in [2.75, 3.05) is 7.05 Å². The number of nitrogens with two attached hydrogens (primary N) is 1. The van der Waals surface area contributed by atoms with Gasteiger partial charge < -0.3 is 5.73 Å². The van der Waals surface area contributed by atoms with Crippen molar-refractivity contribution in [3.8, 4) is 0 Å². The summed E-state index contributed by atoms with van der Waals surface area (Å²) < 4.78 is 0. The molecule has 1 unspecified atom stereocenters. The summed E-state index contributed by atoms with van der Waals surface area (Å²) in [6, 6.07) is 0. The molecule has 34 valence electrons. The van der Waals surface area contributed by atoms with Gasteiger partial charge in [0.1, 0.15) is 0 Å². The maximum absolute atomic E-state index is 4.50. The number of hydrogen-bond acceptors (Lipinski definition) is 1. The van der Waals surface area contributed by atoms with Crippen LogP contribution in [-0.4, -0.2) is 7.05 Å². The zero-order valence-corrected chi connectivity index (χ0v) is 5.11. The Labute approximate surface area is 36.9 Å². The molecule has 1 nitrogen and oxygen atoms in total. The molecule has 1 atom stereocenters. The van der Waals surface area contributed by atoms with Crippen LogP contribution in [0.4, 0.5) is 0 Å². The summed E-state index contributed by atoms with van der Waals surface area (Å²) in [5.41, 5.74) is 4.50. The van der Waals surface area contributed by atoms with Gasteiger partial charge in [0.05, 0.1) is 0 Å². The van der Waals surface area contributed by atoms with E-state index in [-0.39, 0.29) is 9.90 Å². The number of rotatable bonds is 0. The first-order valence-corrected chi connectivity index (χ1v) is 1.08. The van der Waals surface area contributed by atoms with Crippen molar-refractivity contribution < 1.29 is 0 Å².